The van der Waals surface area contributed by atoms with Crippen LogP contribution in [0.5, 0.6) is 0 Å². The average Bonchev–Trinajstić information content (AvgIpc) is 2.92. The zero-order valence-electron chi connectivity index (χ0n) is 11.8. The zero-order valence-corrected chi connectivity index (χ0v) is 11.8. The van der Waals surface area contributed by atoms with E-state index in [0.717, 1.165) is 11.4 Å². The van der Waals surface area contributed by atoms with E-state index in [4.69, 9.17) is 4.42 Å². The Kier molecular flexibility index (Phi) is 4.96. The van der Waals surface area contributed by atoms with Gasteiger partial charge in [-0.25, -0.2) is 0 Å². The second-order valence-electron chi connectivity index (χ2n) is 5.01. The smallest absolute Gasteiger partial charge is 0.238 e. The predicted octanol–water partition coefficient (Wildman–Crippen LogP) is 3.13. The Morgan fingerprint density at radius 2 is 1.95 bits per heavy atom. The summed E-state index contributed by atoms with van der Waals surface area (Å²) < 4.78 is 5.17. The van der Waals surface area contributed by atoms with E-state index in [1.54, 1.807) is 6.26 Å². The Morgan fingerprint density at radius 1 is 1.20 bits per heavy atom. The highest BCUT2D eigenvalue weighted by Gasteiger charge is 2.04. The normalized spacial score (nSPS) is 10.8. The van der Waals surface area contributed by atoms with Crippen LogP contribution in [0.15, 0.2) is 47.1 Å². The fraction of sp³-hybridized carbons (Fsp3) is 0.312. The van der Waals surface area contributed by atoms with Gasteiger partial charge in [0.05, 0.1) is 19.4 Å². The van der Waals surface area contributed by atoms with Crippen molar-refractivity contribution >= 4 is 11.6 Å². The predicted molar refractivity (Wildman–Crippen MR) is 79.6 cm³/mol. The Bertz CT molecular complexity index is 530. The molecule has 1 aromatic carbocycles. The maximum atomic E-state index is 11.8. The third-order valence-corrected chi connectivity index (χ3v) is 3.03. The fourth-order valence-electron chi connectivity index (χ4n) is 1.87. The van der Waals surface area contributed by atoms with Crippen molar-refractivity contribution in [3.05, 3.63) is 54.0 Å². The van der Waals surface area contributed by atoms with Gasteiger partial charge in [-0.2, -0.15) is 0 Å². The van der Waals surface area contributed by atoms with Gasteiger partial charge in [-0.05, 0) is 35.7 Å². The van der Waals surface area contributed by atoms with E-state index in [1.807, 2.05) is 36.4 Å². The third kappa shape index (κ3) is 4.24. The van der Waals surface area contributed by atoms with Crippen LogP contribution in [0.3, 0.4) is 0 Å². The van der Waals surface area contributed by atoms with E-state index < -0.39 is 0 Å². The molecule has 20 heavy (non-hydrogen) atoms. The molecule has 0 atom stereocenters. The van der Waals surface area contributed by atoms with E-state index in [9.17, 15) is 4.79 Å². The minimum Gasteiger partial charge on any atom is -0.468 e. The van der Waals surface area contributed by atoms with E-state index in [1.165, 1.54) is 5.56 Å². The number of anilines is 1. The average molecular weight is 272 g/mol. The van der Waals surface area contributed by atoms with Crippen LogP contribution in [0, 0.1) is 0 Å². The van der Waals surface area contributed by atoms with Gasteiger partial charge in [-0.1, -0.05) is 26.0 Å². The molecule has 0 aliphatic heterocycles. The summed E-state index contributed by atoms with van der Waals surface area (Å²) in [7, 11) is 0. The van der Waals surface area contributed by atoms with Gasteiger partial charge < -0.3 is 15.1 Å². The van der Waals surface area contributed by atoms with Crippen LogP contribution >= 0.6 is 0 Å². The lowest BCUT2D eigenvalue weighted by Gasteiger charge is -2.08. The van der Waals surface area contributed by atoms with Crippen molar-refractivity contribution in [2.45, 2.75) is 26.3 Å². The molecule has 0 radical (unpaired) electrons. The largest absolute Gasteiger partial charge is 0.468 e. The van der Waals surface area contributed by atoms with Gasteiger partial charge in [0.1, 0.15) is 5.76 Å². The fourth-order valence-corrected chi connectivity index (χ4v) is 1.87. The summed E-state index contributed by atoms with van der Waals surface area (Å²) in [6, 6.07) is 11.6. The molecule has 1 heterocycles. The molecule has 0 fully saturated rings. The molecule has 1 amide bonds. The Hall–Kier alpha value is -2.07. The van der Waals surface area contributed by atoms with Crippen LogP contribution < -0.4 is 10.6 Å². The number of benzene rings is 1. The summed E-state index contributed by atoms with van der Waals surface area (Å²) in [5.41, 5.74) is 2.08. The summed E-state index contributed by atoms with van der Waals surface area (Å²) >= 11 is 0. The van der Waals surface area contributed by atoms with Crippen molar-refractivity contribution < 1.29 is 9.21 Å². The third-order valence-electron chi connectivity index (χ3n) is 3.03. The number of carbonyl (C=O) groups excluding carboxylic acids is 1. The monoisotopic (exact) mass is 272 g/mol. The van der Waals surface area contributed by atoms with Crippen LogP contribution in [0.25, 0.3) is 0 Å². The topological polar surface area (TPSA) is 54.3 Å². The van der Waals surface area contributed by atoms with E-state index in [0.29, 0.717) is 12.5 Å². The second-order valence-corrected chi connectivity index (χ2v) is 5.01. The standard InChI is InChI=1S/C16H20N2O2/c1-12(2)13-5-7-14(8-6-13)18-16(19)11-17-10-15-4-3-9-20-15/h3-9,12,17H,10-11H2,1-2H3,(H,18,19). The molecular formula is C16H20N2O2. The molecule has 2 rings (SSSR count). The van der Waals surface area contributed by atoms with E-state index in [-0.39, 0.29) is 12.5 Å². The number of carbonyl (C=O) groups is 1. The summed E-state index contributed by atoms with van der Waals surface area (Å²) in [5.74, 6) is 1.25. The summed E-state index contributed by atoms with van der Waals surface area (Å²) in [6.07, 6.45) is 1.62. The molecule has 2 N–H and O–H groups in total. The Labute approximate surface area is 119 Å². The van der Waals surface area contributed by atoms with Crippen LogP contribution in [-0.2, 0) is 11.3 Å². The van der Waals surface area contributed by atoms with Gasteiger partial charge in [0, 0.05) is 5.69 Å². The molecule has 0 spiro atoms. The number of hydrogen-bond acceptors (Lipinski definition) is 3. The molecule has 4 heteroatoms. The van der Waals surface area contributed by atoms with Gasteiger partial charge in [0.15, 0.2) is 0 Å². The highest BCUT2D eigenvalue weighted by atomic mass is 16.3. The summed E-state index contributed by atoms with van der Waals surface area (Å²) in [6.45, 7) is 5.09. The number of nitrogens with one attached hydrogen (secondary N) is 2. The van der Waals surface area contributed by atoms with E-state index in [2.05, 4.69) is 24.5 Å². The first kappa shape index (κ1) is 14.3. The minimum atomic E-state index is -0.0612. The number of amides is 1. The highest BCUT2D eigenvalue weighted by Crippen LogP contribution is 2.16. The molecular weight excluding hydrogens is 252 g/mol. The molecule has 0 bridgehead atoms. The van der Waals surface area contributed by atoms with Gasteiger partial charge in [0.25, 0.3) is 0 Å². The molecule has 4 nitrogen and oxygen atoms in total. The van der Waals surface area contributed by atoms with Crippen LogP contribution in [0.4, 0.5) is 5.69 Å². The Morgan fingerprint density at radius 3 is 2.55 bits per heavy atom. The quantitative estimate of drug-likeness (QED) is 0.849. The lowest BCUT2D eigenvalue weighted by molar-refractivity contribution is -0.115. The van der Waals surface area contributed by atoms with Crippen LogP contribution in [0.2, 0.25) is 0 Å². The van der Waals surface area contributed by atoms with Gasteiger partial charge in [-0.3, -0.25) is 4.79 Å². The van der Waals surface area contributed by atoms with Crippen molar-refractivity contribution in [2.75, 3.05) is 11.9 Å². The number of furan rings is 1. The van der Waals surface area contributed by atoms with Crippen molar-refractivity contribution in [1.29, 1.82) is 0 Å². The van der Waals surface area contributed by atoms with Crippen molar-refractivity contribution in [3.63, 3.8) is 0 Å². The van der Waals surface area contributed by atoms with Gasteiger partial charge in [0.2, 0.25) is 5.91 Å². The van der Waals surface area contributed by atoms with Crippen LogP contribution in [-0.4, -0.2) is 12.5 Å². The van der Waals surface area contributed by atoms with Crippen molar-refractivity contribution in [3.8, 4) is 0 Å². The maximum absolute atomic E-state index is 11.8. The highest BCUT2D eigenvalue weighted by molar-refractivity contribution is 5.92. The lowest BCUT2D eigenvalue weighted by Crippen LogP contribution is -2.27. The molecule has 2 aromatic rings. The first-order valence-electron chi connectivity index (χ1n) is 6.78. The van der Waals surface area contributed by atoms with Crippen molar-refractivity contribution in [2.24, 2.45) is 0 Å². The number of hydrogen-bond donors (Lipinski definition) is 2. The van der Waals surface area contributed by atoms with Gasteiger partial charge >= 0.3 is 0 Å². The van der Waals surface area contributed by atoms with Crippen LogP contribution in [0.1, 0.15) is 31.1 Å². The summed E-state index contributed by atoms with van der Waals surface area (Å²) in [5, 5.41) is 5.89. The zero-order chi connectivity index (χ0) is 14.4. The molecule has 0 aliphatic carbocycles. The SMILES string of the molecule is CC(C)c1ccc(NC(=O)CNCc2ccco2)cc1. The maximum Gasteiger partial charge on any atom is 0.238 e. The molecule has 0 saturated heterocycles. The van der Waals surface area contributed by atoms with E-state index >= 15 is 0 Å². The number of rotatable bonds is 6. The first-order valence-corrected chi connectivity index (χ1v) is 6.78. The minimum absolute atomic E-state index is 0.0612. The summed E-state index contributed by atoms with van der Waals surface area (Å²) in [4.78, 5) is 11.8. The lowest BCUT2D eigenvalue weighted by atomic mass is 10.0. The molecule has 106 valence electrons. The first-order chi connectivity index (χ1) is 9.65. The molecule has 0 aliphatic rings. The van der Waals surface area contributed by atoms with Gasteiger partial charge in [-0.15, -0.1) is 0 Å². The van der Waals surface area contributed by atoms with Crippen molar-refractivity contribution in [1.82, 2.24) is 5.32 Å². The Balaban J connectivity index is 1.76. The molecule has 1 aromatic heterocycles. The second kappa shape index (κ2) is 6.91. The molecule has 0 saturated carbocycles. The molecule has 0 unspecified atom stereocenters.